The van der Waals surface area contributed by atoms with Crippen molar-refractivity contribution in [2.75, 3.05) is 19.0 Å². The molecule has 106 valence electrons. The van der Waals surface area contributed by atoms with Gasteiger partial charge in [0.05, 0.1) is 22.8 Å². The van der Waals surface area contributed by atoms with Gasteiger partial charge in [-0.3, -0.25) is 4.79 Å². The maximum atomic E-state index is 11.6. The van der Waals surface area contributed by atoms with E-state index in [0.29, 0.717) is 0 Å². The highest BCUT2D eigenvalue weighted by atomic mass is 16.5. The van der Waals surface area contributed by atoms with Gasteiger partial charge in [0.25, 0.3) is 0 Å². The van der Waals surface area contributed by atoms with Gasteiger partial charge >= 0.3 is 0 Å². The normalized spacial score (nSPS) is 10.6. The molecule has 20 heavy (non-hydrogen) atoms. The molecule has 1 N–H and O–H groups in total. The number of aromatic nitrogens is 2. The van der Waals surface area contributed by atoms with Gasteiger partial charge in [-0.25, -0.2) is 4.68 Å². The van der Waals surface area contributed by atoms with E-state index >= 15 is 0 Å². The summed E-state index contributed by atoms with van der Waals surface area (Å²) in [6.45, 7) is 5.89. The molecule has 0 saturated carbocycles. The average Bonchev–Trinajstić information content (AvgIpc) is 2.68. The first kappa shape index (κ1) is 14.3. The number of carbonyl (C=O) groups is 1. The number of benzene rings is 1. The largest absolute Gasteiger partial charge is 0.375 e. The number of hydrogen-bond acceptors (Lipinski definition) is 3. The molecule has 0 saturated heterocycles. The van der Waals surface area contributed by atoms with Crippen LogP contribution in [0.15, 0.2) is 24.3 Å². The summed E-state index contributed by atoms with van der Waals surface area (Å²) < 4.78 is 6.65. The lowest BCUT2D eigenvalue weighted by molar-refractivity contribution is -0.119. The number of hydrogen-bond donors (Lipinski definition) is 1. The van der Waals surface area contributed by atoms with E-state index in [9.17, 15) is 4.79 Å². The van der Waals surface area contributed by atoms with E-state index in [1.807, 2.05) is 49.7 Å². The van der Waals surface area contributed by atoms with Crippen LogP contribution in [0, 0.1) is 20.8 Å². The van der Waals surface area contributed by atoms with Crippen molar-refractivity contribution in [3.8, 4) is 5.69 Å². The van der Waals surface area contributed by atoms with Crippen molar-refractivity contribution in [3.63, 3.8) is 0 Å². The summed E-state index contributed by atoms with van der Waals surface area (Å²) in [5, 5.41) is 7.32. The third-order valence-corrected chi connectivity index (χ3v) is 3.11. The van der Waals surface area contributed by atoms with Crippen LogP contribution in [-0.2, 0) is 9.53 Å². The molecule has 0 unspecified atom stereocenters. The van der Waals surface area contributed by atoms with Crippen LogP contribution in [0.5, 0.6) is 0 Å². The van der Waals surface area contributed by atoms with Crippen molar-refractivity contribution in [1.29, 1.82) is 0 Å². The van der Waals surface area contributed by atoms with Gasteiger partial charge in [-0.1, -0.05) is 17.7 Å². The van der Waals surface area contributed by atoms with Crippen LogP contribution >= 0.6 is 0 Å². The number of nitrogens with one attached hydrogen (secondary N) is 1. The molecule has 1 aromatic heterocycles. The van der Waals surface area contributed by atoms with Crippen molar-refractivity contribution in [2.24, 2.45) is 0 Å². The third kappa shape index (κ3) is 2.88. The number of carbonyl (C=O) groups excluding carboxylic acids is 1. The van der Waals surface area contributed by atoms with Crippen molar-refractivity contribution in [2.45, 2.75) is 20.8 Å². The zero-order valence-corrected chi connectivity index (χ0v) is 12.2. The molecule has 2 aromatic rings. The summed E-state index contributed by atoms with van der Waals surface area (Å²) in [4.78, 5) is 11.6. The molecule has 0 radical (unpaired) electrons. The number of rotatable bonds is 4. The van der Waals surface area contributed by atoms with Crippen molar-refractivity contribution >= 4 is 11.6 Å². The first-order valence-corrected chi connectivity index (χ1v) is 6.45. The Balaban J connectivity index is 2.33. The van der Waals surface area contributed by atoms with E-state index in [0.717, 1.165) is 22.8 Å². The summed E-state index contributed by atoms with van der Waals surface area (Å²) >= 11 is 0. The molecule has 0 fully saturated rings. The van der Waals surface area contributed by atoms with Crippen LogP contribution in [0.2, 0.25) is 0 Å². The Morgan fingerprint density at radius 3 is 2.50 bits per heavy atom. The van der Waals surface area contributed by atoms with Crippen LogP contribution in [0.3, 0.4) is 0 Å². The molecule has 1 amide bonds. The molecular formula is C15H19N3O2. The molecule has 1 heterocycles. The minimum absolute atomic E-state index is 0.0363. The van der Waals surface area contributed by atoms with Gasteiger partial charge in [-0.2, -0.15) is 5.10 Å². The lowest BCUT2D eigenvalue weighted by Gasteiger charge is -2.07. The molecule has 5 nitrogen and oxygen atoms in total. The second-order valence-corrected chi connectivity index (χ2v) is 4.77. The predicted molar refractivity (Wildman–Crippen MR) is 78.3 cm³/mol. The van der Waals surface area contributed by atoms with Gasteiger partial charge < -0.3 is 10.1 Å². The fourth-order valence-corrected chi connectivity index (χ4v) is 2.07. The summed E-state index contributed by atoms with van der Waals surface area (Å²) in [5.74, 6) is -0.179. The molecule has 0 spiro atoms. The van der Waals surface area contributed by atoms with E-state index in [4.69, 9.17) is 4.74 Å². The zero-order valence-electron chi connectivity index (χ0n) is 12.2. The molecule has 1 aromatic carbocycles. The van der Waals surface area contributed by atoms with Gasteiger partial charge in [-0.05, 0) is 32.9 Å². The molecule has 0 aliphatic heterocycles. The summed E-state index contributed by atoms with van der Waals surface area (Å²) in [6, 6.07) is 8.09. The van der Waals surface area contributed by atoms with Gasteiger partial charge in [0, 0.05) is 7.11 Å². The SMILES string of the molecule is COCC(=O)Nc1c(C)nn(-c2ccc(C)cc2)c1C. The summed E-state index contributed by atoms with van der Waals surface area (Å²) in [5.41, 5.74) is 4.60. The standard InChI is InChI=1S/C15H19N3O2/c1-10-5-7-13(8-6-10)18-12(3)15(11(2)17-18)16-14(19)9-20-4/h5-8H,9H2,1-4H3,(H,16,19). The molecule has 0 atom stereocenters. The van der Waals surface area contributed by atoms with Gasteiger partial charge in [-0.15, -0.1) is 0 Å². The minimum Gasteiger partial charge on any atom is -0.375 e. The number of nitrogens with zero attached hydrogens (tertiary/aromatic N) is 2. The molecule has 0 bridgehead atoms. The smallest absolute Gasteiger partial charge is 0.250 e. The second-order valence-electron chi connectivity index (χ2n) is 4.77. The lowest BCUT2D eigenvalue weighted by Crippen LogP contribution is -2.18. The van der Waals surface area contributed by atoms with Gasteiger partial charge in [0.2, 0.25) is 5.91 Å². The lowest BCUT2D eigenvalue weighted by atomic mass is 10.2. The summed E-state index contributed by atoms with van der Waals surface area (Å²) in [6.07, 6.45) is 0. The van der Waals surface area contributed by atoms with Crippen LogP contribution in [-0.4, -0.2) is 29.4 Å². The van der Waals surface area contributed by atoms with Crippen molar-refractivity contribution in [3.05, 3.63) is 41.2 Å². The Kier molecular flexibility index (Phi) is 4.20. The highest BCUT2D eigenvalue weighted by Gasteiger charge is 2.14. The van der Waals surface area contributed by atoms with Crippen molar-refractivity contribution < 1.29 is 9.53 Å². The van der Waals surface area contributed by atoms with Crippen LogP contribution < -0.4 is 5.32 Å². The van der Waals surface area contributed by atoms with Crippen LogP contribution in [0.1, 0.15) is 17.0 Å². The minimum atomic E-state index is -0.179. The average molecular weight is 273 g/mol. The fraction of sp³-hybridized carbons (Fsp3) is 0.333. The highest BCUT2D eigenvalue weighted by molar-refractivity contribution is 5.92. The summed E-state index contributed by atoms with van der Waals surface area (Å²) in [7, 11) is 1.50. The Bertz CT molecular complexity index is 615. The van der Waals surface area contributed by atoms with Gasteiger partial charge in [0.15, 0.2) is 0 Å². The predicted octanol–water partition coefficient (Wildman–Crippen LogP) is 2.38. The van der Waals surface area contributed by atoms with E-state index in [1.165, 1.54) is 12.7 Å². The molecule has 5 heteroatoms. The number of anilines is 1. The molecule has 2 rings (SSSR count). The van der Waals surface area contributed by atoms with Crippen LogP contribution in [0.4, 0.5) is 5.69 Å². The Morgan fingerprint density at radius 1 is 1.25 bits per heavy atom. The van der Waals surface area contributed by atoms with E-state index < -0.39 is 0 Å². The van der Waals surface area contributed by atoms with E-state index in [2.05, 4.69) is 10.4 Å². The Hall–Kier alpha value is -2.14. The number of amides is 1. The Labute approximate surface area is 118 Å². The highest BCUT2D eigenvalue weighted by Crippen LogP contribution is 2.22. The maximum Gasteiger partial charge on any atom is 0.250 e. The first-order valence-electron chi connectivity index (χ1n) is 6.45. The fourth-order valence-electron chi connectivity index (χ4n) is 2.07. The monoisotopic (exact) mass is 273 g/mol. The van der Waals surface area contributed by atoms with E-state index in [-0.39, 0.29) is 12.5 Å². The Morgan fingerprint density at radius 2 is 1.90 bits per heavy atom. The number of methoxy groups -OCH3 is 1. The molecule has 0 aliphatic carbocycles. The first-order chi connectivity index (χ1) is 9.52. The third-order valence-electron chi connectivity index (χ3n) is 3.11. The van der Waals surface area contributed by atoms with Crippen molar-refractivity contribution in [1.82, 2.24) is 9.78 Å². The molecule has 0 aliphatic rings. The van der Waals surface area contributed by atoms with Gasteiger partial charge in [0.1, 0.15) is 6.61 Å². The quantitative estimate of drug-likeness (QED) is 0.930. The topological polar surface area (TPSA) is 56.1 Å². The molecular weight excluding hydrogens is 254 g/mol. The van der Waals surface area contributed by atoms with E-state index in [1.54, 1.807) is 0 Å². The number of aryl methyl sites for hydroxylation is 2. The second kappa shape index (κ2) is 5.88. The maximum absolute atomic E-state index is 11.6. The zero-order chi connectivity index (χ0) is 14.7. The van der Waals surface area contributed by atoms with Crippen LogP contribution in [0.25, 0.3) is 5.69 Å². The number of ether oxygens (including phenoxy) is 1.